The number of rotatable bonds is 7. The number of fused-ring (bicyclic) bond motifs is 1. The van der Waals surface area contributed by atoms with Gasteiger partial charge in [0.15, 0.2) is 18.0 Å². The summed E-state index contributed by atoms with van der Waals surface area (Å²) in [6, 6.07) is 13.4. The van der Waals surface area contributed by atoms with E-state index in [1.807, 2.05) is 62.7 Å². The third-order valence-corrected chi connectivity index (χ3v) is 5.77. The van der Waals surface area contributed by atoms with Crippen LogP contribution in [0.4, 0.5) is 0 Å². The highest BCUT2D eigenvalue weighted by molar-refractivity contribution is 5.78. The molecule has 8 heteroatoms. The summed E-state index contributed by atoms with van der Waals surface area (Å²) in [5, 5.41) is 7.58. The van der Waals surface area contributed by atoms with Crippen LogP contribution >= 0.6 is 0 Å². The molecule has 1 unspecified atom stereocenters. The molecule has 0 saturated carbocycles. The van der Waals surface area contributed by atoms with Gasteiger partial charge in [-0.2, -0.15) is 5.10 Å². The quantitative estimate of drug-likeness (QED) is 0.454. The van der Waals surface area contributed by atoms with E-state index in [9.17, 15) is 9.59 Å². The van der Waals surface area contributed by atoms with Crippen LogP contribution in [0, 0.1) is 20.8 Å². The van der Waals surface area contributed by atoms with Crippen LogP contribution in [0.2, 0.25) is 0 Å². The van der Waals surface area contributed by atoms with Crippen LogP contribution in [-0.2, 0) is 4.79 Å². The molecule has 0 spiro atoms. The Kier molecular flexibility index (Phi) is 6.49. The maximum absolute atomic E-state index is 13.5. The fourth-order valence-electron chi connectivity index (χ4n) is 3.83. The first-order valence-electron chi connectivity index (χ1n) is 11.4. The van der Waals surface area contributed by atoms with E-state index in [-0.39, 0.29) is 24.1 Å². The van der Waals surface area contributed by atoms with Crippen molar-refractivity contribution in [2.24, 2.45) is 0 Å². The molecule has 8 nitrogen and oxygen atoms in total. The molecule has 0 saturated heterocycles. The molecule has 0 fully saturated rings. The zero-order valence-corrected chi connectivity index (χ0v) is 20.1. The van der Waals surface area contributed by atoms with E-state index >= 15 is 0 Å². The van der Waals surface area contributed by atoms with Crippen LogP contribution in [0.15, 0.2) is 53.5 Å². The Morgan fingerprint density at radius 3 is 2.68 bits per heavy atom. The lowest BCUT2D eigenvalue weighted by Gasteiger charge is -2.13. The van der Waals surface area contributed by atoms with Gasteiger partial charge >= 0.3 is 0 Å². The van der Waals surface area contributed by atoms with Crippen molar-refractivity contribution in [3.8, 4) is 22.7 Å². The van der Waals surface area contributed by atoms with Gasteiger partial charge in [0.05, 0.1) is 16.9 Å². The Hall–Kier alpha value is -3.94. The van der Waals surface area contributed by atoms with E-state index in [2.05, 4.69) is 10.3 Å². The highest BCUT2D eigenvalue weighted by Gasteiger charge is 2.19. The summed E-state index contributed by atoms with van der Waals surface area (Å²) in [4.78, 5) is 30.3. The molecule has 176 valence electrons. The molecular weight excluding hydrogens is 430 g/mol. The molecule has 4 aromatic rings. The fraction of sp³-hybridized carbons (Fsp3) is 0.308. The second-order valence-electron chi connectivity index (χ2n) is 8.53. The smallest absolute Gasteiger partial charge is 0.267 e. The van der Waals surface area contributed by atoms with E-state index in [1.54, 1.807) is 25.3 Å². The van der Waals surface area contributed by atoms with Crippen molar-refractivity contribution in [1.82, 2.24) is 24.5 Å². The van der Waals surface area contributed by atoms with Crippen LogP contribution in [0.1, 0.15) is 37.2 Å². The number of pyridine rings is 1. The second-order valence-corrected chi connectivity index (χ2v) is 8.53. The van der Waals surface area contributed by atoms with Crippen molar-refractivity contribution >= 4 is 11.6 Å². The lowest BCUT2D eigenvalue weighted by molar-refractivity contribution is -0.123. The number of nitrogens with one attached hydrogen (secondary N) is 1. The standard InChI is InChI=1S/C26H29N5O3/c1-6-17(3)27-23(32)15-34-22-11-8-12-30-25(22)28-19(5)24(26(30)33)21-14-18(4)31(29-21)20-10-7-9-16(2)13-20/h7-14,17H,6,15H2,1-5H3,(H,27,32). The molecule has 34 heavy (non-hydrogen) atoms. The largest absolute Gasteiger partial charge is 0.480 e. The van der Waals surface area contributed by atoms with Crippen molar-refractivity contribution in [3.63, 3.8) is 0 Å². The van der Waals surface area contributed by atoms with Gasteiger partial charge in [0.1, 0.15) is 5.69 Å². The lowest BCUT2D eigenvalue weighted by Crippen LogP contribution is -2.35. The summed E-state index contributed by atoms with van der Waals surface area (Å²) in [6.07, 6.45) is 2.47. The fourth-order valence-corrected chi connectivity index (χ4v) is 3.83. The summed E-state index contributed by atoms with van der Waals surface area (Å²) in [5.74, 6) is 0.152. The van der Waals surface area contributed by atoms with Crippen LogP contribution < -0.4 is 15.6 Å². The molecule has 0 aliphatic rings. The van der Waals surface area contributed by atoms with Gasteiger partial charge in [-0.3, -0.25) is 14.0 Å². The summed E-state index contributed by atoms with van der Waals surface area (Å²) in [6.45, 7) is 9.55. The summed E-state index contributed by atoms with van der Waals surface area (Å²) in [7, 11) is 0. The number of carbonyl (C=O) groups is 1. The van der Waals surface area contributed by atoms with Crippen molar-refractivity contribution in [2.45, 2.75) is 47.1 Å². The van der Waals surface area contributed by atoms with Gasteiger partial charge in [0.25, 0.3) is 11.5 Å². The number of hydrogen-bond acceptors (Lipinski definition) is 5. The zero-order valence-electron chi connectivity index (χ0n) is 20.1. The van der Waals surface area contributed by atoms with E-state index < -0.39 is 0 Å². The van der Waals surface area contributed by atoms with Crippen LogP contribution in [-0.4, -0.2) is 37.7 Å². The van der Waals surface area contributed by atoms with Gasteiger partial charge in [-0.25, -0.2) is 9.67 Å². The number of nitrogens with zero attached hydrogens (tertiary/aromatic N) is 4. The second kappa shape index (κ2) is 9.51. The van der Waals surface area contributed by atoms with Crippen molar-refractivity contribution in [1.29, 1.82) is 0 Å². The third kappa shape index (κ3) is 4.57. The van der Waals surface area contributed by atoms with E-state index in [1.165, 1.54) is 4.40 Å². The topological polar surface area (TPSA) is 90.5 Å². The number of carbonyl (C=O) groups excluding carboxylic acids is 1. The average Bonchev–Trinajstić information content (AvgIpc) is 3.18. The Morgan fingerprint density at radius 2 is 1.94 bits per heavy atom. The predicted molar refractivity (Wildman–Crippen MR) is 132 cm³/mol. The summed E-state index contributed by atoms with van der Waals surface area (Å²) < 4.78 is 8.98. The van der Waals surface area contributed by atoms with Gasteiger partial charge < -0.3 is 10.1 Å². The maximum Gasteiger partial charge on any atom is 0.267 e. The minimum atomic E-state index is -0.245. The van der Waals surface area contributed by atoms with Crippen LogP contribution in [0.25, 0.3) is 22.6 Å². The number of hydrogen-bond donors (Lipinski definition) is 1. The van der Waals surface area contributed by atoms with Crippen molar-refractivity contribution in [3.05, 3.63) is 76.0 Å². The number of aryl methyl sites for hydroxylation is 3. The summed E-state index contributed by atoms with van der Waals surface area (Å²) in [5.41, 5.74) is 4.62. The molecular formula is C26H29N5O3. The SMILES string of the molecule is CCC(C)NC(=O)COc1cccn2c(=O)c(-c3cc(C)n(-c4cccc(C)c4)n3)c(C)nc12. The normalized spacial score (nSPS) is 12.0. The first kappa shape index (κ1) is 23.2. The molecule has 3 heterocycles. The molecule has 0 aliphatic carbocycles. The summed E-state index contributed by atoms with van der Waals surface area (Å²) >= 11 is 0. The Labute approximate surface area is 198 Å². The van der Waals surface area contributed by atoms with E-state index in [4.69, 9.17) is 9.84 Å². The average molecular weight is 460 g/mol. The van der Waals surface area contributed by atoms with E-state index in [0.717, 1.165) is 23.4 Å². The lowest BCUT2D eigenvalue weighted by atomic mass is 10.1. The molecule has 1 aromatic carbocycles. The minimum Gasteiger partial charge on any atom is -0.480 e. The first-order chi connectivity index (χ1) is 16.3. The molecule has 0 aliphatic heterocycles. The molecule has 1 N–H and O–H groups in total. The Morgan fingerprint density at radius 1 is 1.15 bits per heavy atom. The number of amides is 1. The number of aromatic nitrogens is 4. The van der Waals surface area contributed by atoms with Gasteiger partial charge in [-0.15, -0.1) is 0 Å². The zero-order chi connectivity index (χ0) is 24.4. The highest BCUT2D eigenvalue weighted by atomic mass is 16.5. The number of ether oxygens (including phenoxy) is 1. The monoisotopic (exact) mass is 459 g/mol. The van der Waals surface area contributed by atoms with E-state index in [0.29, 0.717) is 28.3 Å². The van der Waals surface area contributed by atoms with Gasteiger partial charge in [-0.05, 0) is 70.0 Å². The van der Waals surface area contributed by atoms with Crippen molar-refractivity contribution < 1.29 is 9.53 Å². The predicted octanol–water partition coefficient (Wildman–Crippen LogP) is 3.77. The van der Waals surface area contributed by atoms with Crippen LogP contribution in [0.3, 0.4) is 0 Å². The molecule has 1 amide bonds. The van der Waals surface area contributed by atoms with Gasteiger partial charge in [0.2, 0.25) is 0 Å². The molecule has 0 radical (unpaired) electrons. The van der Waals surface area contributed by atoms with Gasteiger partial charge in [0, 0.05) is 17.9 Å². The Balaban J connectivity index is 1.71. The molecule has 1 atom stereocenters. The molecule has 0 bridgehead atoms. The van der Waals surface area contributed by atoms with Gasteiger partial charge in [-0.1, -0.05) is 19.1 Å². The van der Waals surface area contributed by atoms with Crippen molar-refractivity contribution in [2.75, 3.05) is 6.61 Å². The van der Waals surface area contributed by atoms with Crippen LogP contribution in [0.5, 0.6) is 5.75 Å². The first-order valence-corrected chi connectivity index (χ1v) is 11.4. The maximum atomic E-state index is 13.5. The number of benzene rings is 1. The Bertz CT molecular complexity index is 1420. The minimum absolute atomic E-state index is 0.0669. The third-order valence-electron chi connectivity index (χ3n) is 5.77. The highest BCUT2D eigenvalue weighted by Crippen LogP contribution is 2.24. The molecule has 3 aromatic heterocycles. The molecule has 4 rings (SSSR count).